The molecule has 0 spiro atoms. The van der Waals surface area contributed by atoms with Crippen molar-refractivity contribution in [2.24, 2.45) is 0 Å². The maximum absolute atomic E-state index is 10.3. The lowest BCUT2D eigenvalue weighted by Gasteiger charge is -2.00. The molecular formula is C2H9ClO7P2. The lowest BCUT2D eigenvalue weighted by Crippen LogP contribution is -1.76. The molecule has 0 amide bonds. The van der Waals surface area contributed by atoms with Crippen LogP contribution in [-0.2, 0) is 18.2 Å². The Labute approximate surface area is 73.8 Å². The van der Waals surface area contributed by atoms with Crippen molar-refractivity contribution in [1.82, 2.24) is 0 Å². The second kappa shape index (κ2) is 6.07. The van der Waals surface area contributed by atoms with Crippen molar-refractivity contribution in [2.45, 2.75) is 0 Å². The molecule has 0 radical (unpaired) electrons. The highest BCUT2D eigenvalue weighted by Crippen LogP contribution is 2.51. The van der Waals surface area contributed by atoms with Crippen LogP contribution in [0.1, 0.15) is 0 Å². The molecule has 0 saturated heterocycles. The van der Waals surface area contributed by atoms with Gasteiger partial charge in [-0.25, -0.2) is 9.13 Å². The lowest BCUT2D eigenvalue weighted by molar-refractivity contribution is 0.275. The average Bonchev–Trinajstić information content (AvgIpc) is 1.85. The monoisotopic (exact) mass is 242 g/mol. The Morgan fingerprint density at radius 3 is 1.25 bits per heavy atom. The highest BCUT2D eigenvalue weighted by atomic mass is 35.7. The van der Waals surface area contributed by atoms with Crippen LogP contribution in [0.5, 0.6) is 0 Å². The van der Waals surface area contributed by atoms with Gasteiger partial charge in [0.15, 0.2) is 0 Å². The SMILES string of the molecule is COP(=O)(Cl)OC.O=P(O)(O)O. The van der Waals surface area contributed by atoms with E-state index in [1.54, 1.807) is 0 Å². The largest absolute Gasteiger partial charge is 0.466 e. The summed E-state index contributed by atoms with van der Waals surface area (Å²) in [6.07, 6.45) is 0. The van der Waals surface area contributed by atoms with E-state index in [4.69, 9.17) is 30.5 Å². The van der Waals surface area contributed by atoms with Gasteiger partial charge in [0.05, 0.1) is 0 Å². The van der Waals surface area contributed by atoms with E-state index < -0.39 is 14.8 Å². The summed E-state index contributed by atoms with van der Waals surface area (Å²) in [5.74, 6) is 0. The van der Waals surface area contributed by atoms with Crippen LogP contribution in [0, 0.1) is 0 Å². The number of hydrogen-bond acceptors (Lipinski definition) is 4. The predicted octanol–water partition coefficient (Wildman–Crippen LogP) is 0.697. The smallest absolute Gasteiger partial charge is 0.303 e. The quantitative estimate of drug-likeness (QED) is 0.611. The van der Waals surface area contributed by atoms with Crippen LogP contribution in [-0.4, -0.2) is 28.9 Å². The van der Waals surface area contributed by atoms with Gasteiger partial charge in [-0.3, -0.25) is 0 Å². The normalized spacial score (nSPS) is 11.8. The summed E-state index contributed by atoms with van der Waals surface area (Å²) >= 11 is 5.02. The van der Waals surface area contributed by atoms with Gasteiger partial charge in [0.25, 0.3) is 0 Å². The molecule has 0 heterocycles. The molecule has 3 N–H and O–H groups in total. The molecule has 0 aromatic rings. The molecule has 0 aliphatic rings. The van der Waals surface area contributed by atoms with Crippen molar-refractivity contribution in [2.75, 3.05) is 14.2 Å². The Balaban J connectivity index is 0. The van der Waals surface area contributed by atoms with Crippen molar-refractivity contribution in [3.8, 4) is 0 Å². The van der Waals surface area contributed by atoms with Crippen molar-refractivity contribution in [1.29, 1.82) is 0 Å². The van der Waals surface area contributed by atoms with Crippen molar-refractivity contribution < 1.29 is 32.9 Å². The fourth-order valence-electron chi connectivity index (χ4n) is 0.0745. The molecule has 0 aromatic heterocycles. The van der Waals surface area contributed by atoms with Gasteiger partial charge in [-0.15, -0.1) is 0 Å². The standard InChI is InChI=1S/C2H6ClO3P.H3O4P/c1-5-7(3,4)6-2;1-5(2,3)4/h1-2H3;(H3,1,2,3,4). The second-order valence-corrected chi connectivity index (χ2v) is 5.17. The molecule has 76 valence electrons. The number of halogens is 1. The minimum absolute atomic E-state index is 1.22. The van der Waals surface area contributed by atoms with Crippen LogP contribution in [0.4, 0.5) is 0 Å². The van der Waals surface area contributed by atoms with E-state index in [1.165, 1.54) is 14.2 Å². The molecule has 0 aliphatic heterocycles. The van der Waals surface area contributed by atoms with E-state index in [1.807, 2.05) is 0 Å². The molecule has 0 aromatic carbocycles. The predicted molar refractivity (Wildman–Crippen MR) is 41.7 cm³/mol. The molecule has 0 atom stereocenters. The molecule has 0 saturated carbocycles. The fourth-order valence-corrected chi connectivity index (χ4v) is 0.224. The summed E-state index contributed by atoms with van der Waals surface area (Å²) in [5.41, 5.74) is 0. The highest BCUT2D eigenvalue weighted by molar-refractivity contribution is 7.81. The maximum Gasteiger partial charge on any atom is 0.466 e. The van der Waals surface area contributed by atoms with Crippen molar-refractivity contribution in [3.05, 3.63) is 0 Å². The van der Waals surface area contributed by atoms with E-state index in [9.17, 15) is 4.57 Å². The zero-order valence-electron chi connectivity index (χ0n) is 6.25. The zero-order valence-corrected chi connectivity index (χ0v) is 8.79. The van der Waals surface area contributed by atoms with Crippen LogP contribution in [0.3, 0.4) is 0 Å². The van der Waals surface area contributed by atoms with Crippen LogP contribution < -0.4 is 0 Å². The molecule has 7 nitrogen and oxygen atoms in total. The van der Waals surface area contributed by atoms with Gasteiger partial charge in [-0.1, -0.05) is 0 Å². The minimum atomic E-state index is -4.64. The van der Waals surface area contributed by atoms with Crippen molar-refractivity contribution >= 4 is 26.0 Å². The van der Waals surface area contributed by atoms with Gasteiger partial charge >= 0.3 is 14.8 Å². The summed E-state index contributed by atoms with van der Waals surface area (Å²) in [5, 5.41) is 0. The Morgan fingerprint density at radius 1 is 1.08 bits per heavy atom. The summed E-state index contributed by atoms with van der Waals surface area (Å²) in [7, 11) is -2.20. The van der Waals surface area contributed by atoms with E-state index in [0.717, 1.165) is 0 Å². The van der Waals surface area contributed by atoms with Gasteiger partial charge in [-0.2, -0.15) is 0 Å². The Morgan fingerprint density at radius 2 is 1.25 bits per heavy atom. The van der Waals surface area contributed by atoms with Crippen LogP contribution in [0.25, 0.3) is 0 Å². The number of hydrogen-bond donors (Lipinski definition) is 3. The summed E-state index contributed by atoms with van der Waals surface area (Å²) < 4.78 is 27.5. The Kier molecular flexibility index (Phi) is 7.61. The molecule has 10 heteroatoms. The molecular weight excluding hydrogens is 233 g/mol. The topological polar surface area (TPSA) is 113 Å². The van der Waals surface area contributed by atoms with Crippen LogP contribution in [0.15, 0.2) is 0 Å². The van der Waals surface area contributed by atoms with Gasteiger partial charge < -0.3 is 23.7 Å². The van der Waals surface area contributed by atoms with Gasteiger partial charge in [0.1, 0.15) is 0 Å². The highest BCUT2D eigenvalue weighted by Gasteiger charge is 2.13. The van der Waals surface area contributed by atoms with Gasteiger partial charge in [-0.05, 0) is 0 Å². The van der Waals surface area contributed by atoms with Gasteiger partial charge in [0, 0.05) is 25.5 Å². The molecule has 0 unspecified atom stereocenters. The first kappa shape index (κ1) is 15.0. The third-order valence-corrected chi connectivity index (χ3v) is 2.14. The number of rotatable bonds is 2. The van der Waals surface area contributed by atoms with E-state index in [-0.39, 0.29) is 0 Å². The van der Waals surface area contributed by atoms with E-state index in [0.29, 0.717) is 0 Å². The Hall–Kier alpha value is 0.550. The minimum Gasteiger partial charge on any atom is -0.303 e. The van der Waals surface area contributed by atoms with Crippen LogP contribution in [0.2, 0.25) is 0 Å². The summed E-state index contributed by atoms with van der Waals surface area (Å²) in [4.78, 5) is 21.6. The maximum atomic E-state index is 10.3. The average molecular weight is 242 g/mol. The first-order valence-corrected chi connectivity index (χ1v) is 6.33. The molecule has 0 rings (SSSR count). The van der Waals surface area contributed by atoms with Crippen LogP contribution >= 0.6 is 26.0 Å². The fraction of sp³-hybridized carbons (Fsp3) is 1.00. The van der Waals surface area contributed by atoms with E-state index >= 15 is 0 Å². The lowest BCUT2D eigenvalue weighted by atomic mass is 11.8. The third-order valence-electron chi connectivity index (χ3n) is 0.436. The molecule has 0 aliphatic carbocycles. The first-order chi connectivity index (χ1) is 5.12. The Bertz CT molecular complexity index is 181. The molecule has 0 fully saturated rings. The van der Waals surface area contributed by atoms with Crippen molar-refractivity contribution in [3.63, 3.8) is 0 Å². The number of phosphoric acid groups is 1. The van der Waals surface area contributed by atoms with E-state index in [2.05, 4.69) is 9.05 Å². The molecule has 0 bridgehead atoms. The zero-order chi connectivity index (χ0) is 10.4. The first-order valence-electron chi connectivity index (χ1n) is 2.32. The van der Waals surface area contributed by atoms with Gasteiger partial charge in [0.2, 0.25) is 0 Å². The summed E-state index contributed by atoms with van der Waals surface area (Å²) in [6.45, 7) is -3.18. The molecule has 12 heavy (non-hydrogen) atoms. The summed E-state index contributed by atoms with van der Waals surface area (Å²) in [6, 6.07) is 0. The second-order valence-electron chi connectivity index (χ2n) is 1.31. The third kappa shape index (κ3) is 22.4.